The Morgan fingerprint density at radius 3 is 2.36 bits per heavy atom. The lowest BCUT2D eigenvalue weighted by Crippen LogP contribution is -2.24. The molecule has 136 valence electrons. The van der Waals surface area contributed by atoms with Crippen molar-refractivity contribution in [1.29, 1.82) is 0 Å². The van der Waals surface area contributed by atoms with Crippen LogP contribution in [0.3, 0.4) is 0 Å². The quantitative estimate of drug-likeness (QED) is 0.774. The Bertz CT molecular complexity index is 861. The summed E-state index contributed by atoms with van der Waals surface area (Å²) in [7, 11) is 0. The molecule has 0 saturated heterocycles. The number of esters is 1. The summed E-state index contributed by atoms with van der Waals surface area (Å²) in [5, 5.41) is -0.148. The summed E-state index contributed by atoms with van der Waals surface area (Å²) in [5.74, 6) is -0.838. The van der Waals surface area contributed by atoms with Gasteiger partial charge in [0.05, 0.1) is 17.7 Å². The second-order valence-electron chi connectivity index (χ2n) is 7.01. The van der Waals surface area contributed by atoms with E-state index in [1.807, 2.05) is 20.8 Å². The zero-order valence-electron chi connectivity index (χ0n) is 14.5. The van der Waals surface area contributed by atoms with Crippen LogP contribution in [0.5, 0.6) is 0 Å². The number of pyridine rings is 1. The molecule has 0 aliphatic rings. The highest BCUT2D eigenvalue weighted by Crippen LogP contribution is 2.31. The monoisotopic (exact) mass is 355 g/mol. The number of benzene rings is 1. The number of hydrogen-bond donors (Lipinski definition) is 0. The van der Waals surface area contributed by atoms with Crippen molar-refractivity contribution >= 4 is 16.9 Å². The van der Waals surface area contributed by atoms with Crippen molar-refractivity contribution in [1.82, 2.24) is 4.57 Å². The summed E-state index contributed by atoms with van der Waals surface area (Å²) in [5.41, 5.74) is -1.82. The van der Waals surface area contributed by atoms with Gasteiger partial charge in [-0.1, -0.05) is 20.8 Å². The largest absolute Gasteiger partial charge is 0.462 e. The molecule has 0 N–H and O–H groups in total. The SMILES string of the molecule is CCOC(=O)c1cn(CC(C)(C)C)c2ccc(C(F)(F)F)cc2c1=O. The molecule has 2 aromatic rings. The molecule has 4 nitrogen and oxygen atoms in total. The zero-order chi connectivity index (χ0) is 19.0. The van der Waals surface area contributed by atoms with Crippen LogP contribution in [-0.4, -0.2) is 17.1 Å². The first-order valence-corrected chi connectivity index (χ1v) is 7.85. The Balaban J connectivity index is 2.80. The van der Waals surface area contributed by atoms with Crippen molar-refractivity contribution < 1.29 is 22.7 Å². The fourth-order valence-corrected chi connectivity index (χ4v) is 2.57. The molecule has 0 saturated carbocycles. The lowest BCUT2D eigenvalue weighted by atomic mass is 9.96. The molecule has 25 heavy (non-hydrogen) atoms. The molecule has 7 heteroatoms. The maximum Gasteiger partial charge on any atom is 0.416 e. The van der Waals surface area contributed by atoms with Gasteiger partial charge in [0.1, 0.15) is 5.56 Å². The van der Waals surface area contributed by atoms with E-state index in [1.54, 1.807) is 11.5 Å². The number of carbonyl (C=O) groups is 1. The van der Waals surface area contributed by atoms with E-state index in [0.29, 0.717) is 12.1 Å². The summed E-state index contributed by atoms with van der Waals surface area (Å²) in [6.45, 7) is 7.93. The average molecular weight is 355 g/mol. The number of rotatable bonds is 3. The Kier molecular flexibility index (Phi) is 4.97. The minimum atomic E-state index is -4.57. The minimum Gasteiger partial charge on any atom is -0.462 e. The molecule has 0 radical (unpaired) electrons. The van der Waals surface area contributed by atoms with E-state index in [2.05, 4.69) is 0 Å². The normalized spacial score (nSPS) is 12.4. The van der Waals surface area contributed by atoms with E-state index < -0.39 is 23.1 Å². The molecule has 1 aromatic heterocycles. The van der Waals surface area contributed by atoms with Gasteiger partial charge in [-0.15, -0.1) is 0 Å². The first-order chi connectivity index (χ1) is 11.4. The molecule has 0 unspecified atom stereocenters. The third-order valence-corrected chi connectivity index (χ3v) is 3.55. The van der Waals surface area contributed by atoms with Crippen LogP contribution >= 0.6 is 0 Å². The number of fused-ring (bicyclic) bond motifs is 1. The van der Waals surface area contributed by atoms with Gasteiger partial charge < -0.3 is 9.30 Å². The maximum absolute atomic E-state index is 13.0. The number of halogens is 3. The molecule has 0 aliphatic heterocycles. The fourth-order valence-electron chi connectivity index (χ4n) is 2.57. The first-order valence-electron chi connectivity index (χ1n) is 7.85. The van der Waals surface area contributed by atoms with Crippen molar-refractivity contribution in [3.05, 3.63) is 45.7 Å². The van der Waals surface area contributed by atoms with Gasteiger partial charge >= 0.3 is 12.1 Å². The molecule has 1 aromatic carbocycles. The van der Waals surface area contributed by atoms with Gasteiger partial charge in [0.2, 0.25) is 5.43 Å². The predicted molar refractivity (Wildman–Crippen MR) is 88.6 cm³/mol. The minimum absolute atomic E-state index is 0.0676. The standard InChI is InChI=1S/C18H20F3NO3/c1-5-25-16(24)13-9-22(10-17(2,3)4)14-7-6-11(18(19,20)21)8-12(14)15(13)23/h6-9H,5,10H2,1-4H3. The highest BCUT2D eigenvalue weighted by atomic mass is 19.4. The molecule has 1 heterocycles. The van der Waals surface area contributed by atoms with Gasteiger partial charge in [0.25, 0.3) is 0 Å². The molecular formula is C18H20F3NO3. The summed E-state index contributed by atoms with van der Waals surface area (Å²) < 4.78 is 45.5. The van der Waals surface area contributed by atoms with Crippen molar-refractivity contribution in [2.75, 3.05) is 6.61 Å². The van der Waals surface area contributed by atoms with Gasteiger partial charge in [0.15, 0.2) is 0 Å². The van der Waals surface area contributed by atoms with Crippen LogP contribution in [-0.2, 0) is 17.5 Å². The number of carbonyl (C=O) groups excluding carboxylic acids is 1. The van der Waals surface area contributed by atoms with Crippen molar-refractivity contribution in [2.45, 2.75) is 40.4 Å². The summed E-state index contributed by atoms with van der Waals surface area (Å²) in [4.78, 5) is 24.6. The number of ether oxygens (including phenoxy) is 1. The Hall–Kier alpha value is -2.31. The van der Waals surface area contributed by atoms with Gasteiger partial charge in [-0.05, 0) is 30.5 Å². The second kappa shape index (κ2) is 6.54. The van der Waals surface area contributed by atoms with E-state index in [9.17, 15) is 22.8 Å². The zero-order valence-corrected chi connectivity index (χ0v) is 14.5. The first kappa shape index (κ1) is 19.0. The molecule has 0 atom stereocenters. The van der Waals surface area contributed by atoms with Gasteiger partial charge in [-0.25, -0.2) is 4.79 Å². The van der Waals surface area contributed by atoms with Gasteiger partial charge in [-0.3, -0.25) is 4.79 Å². The highest BCUT2D eigenvalue weighted by Gasteiger charge is 2.31. The van der Waals surface area contributed by atoms with Crippen LogP contribution in [0.25, 0.3) is 10.9 Å². The molecule has 0 fully saturated rings. The Morgan fingerprint density at radius 2 is 1.84 bits per heavy atom. The van der Waals surface area contributed by atoms with E-state index in [4.69, 9.17) is 4.74 Å². The second-order valence-corrected chi connectivity index (χ2v) is 7.01. The Labute approximate surface area is 143 Å². The third kappa shape index (κ3) is 4.21. The molecular weight excluding hydrogens is 335 g/mol. The van der Waals surface area contributed by atoms with Crippen molar-refractivity contribution in [3.63, 3.8) is 0 Å². The van der Waals surface area contributed by atoms with Crippen LogP contribution in [0.15, 0.2) is 29.2 Å². The van der Waals surface area contributed by atoms with E-state index in [0.717, 1.165) is 12.1 Å². The predicted octanol–water partition coefficient (Wildman–Crippen LogP) is 4.24. The number of nitrogens with zero attached hydrogens (tertiary/aromatic N) is 1. The number of aromatic nitrogens is 1. The van der Waals surface area contributed by atoms with Gasteiger partial charge in [-0.2, -0.15) is 13.2 Å². The highest BCUT2D eigenvalue weighted by molar-refractivity contribution is 5.94. The smallest absolute Gasteiger partial charge is 0.416 e. The Morgan fingerprint density at radius 1 is 1.20 bits per heavy atom. The van der Waals surface area contributed by atoms with Crippen molar-refractivity contribution in [3.8, 4) is 0 Å². The lowest BCUT2D eigenvalue weighted by Gasteiger charge is -2.23. The van der Waals surface area contributed by atoms with Crippen LogP contribution in [0.2, 0.25) is 0 Å². The number of alkyl halides is 3. The lowest BCUT2D eigenvalue weighted by molar-refractivity contribution is -0.137. The summed E-state index contributed by atoms with van der Waals surface area (Å²) >= 11 is 0. The van der Waals surface area contributed by atoms with Crippen LogP contribution in [0.1, 0.15) is 43.6 Å². The van der Waals surface area contributed by atoms with E-state index >= 15 is 0 Å². The fraction of sp³-hybridized carbons (Fsp3) is 0.444. The molecule has 0 bridgehead atoms. The number of hydrogen-bond acceptors (Lipinski definition) is 3. The molecule has 2 rings (SSSR count). The van der Waals surface area contributed by atoms with E-state index in [1.165, 1.54) is 12.3 Å². The maximum atomic E-state index is 13.0. The molecule has 0 amide bonds. The average Bonchev–Trinajstić information content (AvgIpc) is 2.47. The third-order valence-electron chi connectivity index (χ3n) is 3.55. The van der Waals surface area contributed by atoms with Crippen LogP contribution < -0.4 is 5.43 Å². The van der Waals surface area contributed by atoms with Crippen molar-refractivity contribution in [2.24, 2.45) is 5.41 Å². The van der Waals surface area contributed by atoms with Crippen LogP contribution in [0, 0.1) is 5.41 Å². The van der Waals surface area contributed by atoms with Gasteiger partial charge in [0, 0.05) is 18.1 Å². The van der Waals surface area contributed by atoms with E-state index in [-0.39, 0.29) is 23.0 Å². The summed E-state index contributed by atoms with van der Waals surface area (Å²) in [6.07, 6.45) is -3.21. The molecule has 0 spiro atoms. The summed E-state index contributed by atoms with van der Waals surface area (Å²) in [6, 6.07) is 2.99. The molecule has 0 aliphatic carbocycles. The van der Waals surface area contributed by atoms with Crippen LogP contribution in [0.4, 0.5) is 13.2 Å². The topological polar surface area (TPSA) is 48.3 Å².